The van der Waals surface area contributed by atoms with Crippen molar-refractivity contribution in [2.45, 2.75) is 12.7 Å². The number of benzene rings is 3. The number of carbonyl (C=O) groups excluding carboxylic acids is 1. The molecule has 0 atom stereocenters. The molecule has 176 valence electrons. The van der Waals surface area contributed by atoms with Crippen molar-refractivity contribution < 1.29 is 37.6 Å². The minimum absolute atomic E-state index is 0.0159. The number of rotatable bonds is 7. The van der Waals surface area contributed by atoms with Gasteiger partial charge in [0, 0.05) is 17.5 Å². The lowest BCUT2D eigenvalue weighted by atomic mass is 10.1. The Morgan fingerprint density at radius 1 is 1.03 bits per heavy atom. The molecule has 0 bridgehead atoms. The highest BCUT2D eigenvalue weighted by Crippen LogP contribution is 2.42. The second-order valence-corrected chi connectivity index (χ2v) is 7.72. The number of halogens is 4. The molecule has 0 unspecified atom stereocenters. The van der Waals surface area contributed by atoms with Gasteiger partial charge in [0.1, 0.15) is 0 Å². The van der Waals surface area contributed by atoms with Gasteiger partial charge in [0.25, 0.3) is 0 Å². The normalized spacial score (nSPS) is 11.8. The van der Waals surface area contributed by atoms with E-state index in [1.54, 1.807) is 12.1 Å². The van der Waals surface area contributed by atoms with Gasteiger partial charge in [-0.1, -0.05) is 35.9 Å². The lowest BCUT2D eigenvalue weighted by Gasteiger charge is -2.15. The van der Waals surface area contributed by atoms with Crippen molar-refractivity contribution >= 4 is 45.3 Å². The number of amides is 1. The van der Waals surface area contributed by atoms with Crippen LogP contribution in [0.2, 0.25) is 5.02 Å². The van der Waals surface area contributed by atoms with Crippen molar-refractivity contribution in [3.05, 3.63) is 76.3 Å². The lowest BCUT2D eigenvalue weighted by molar-refractivity contribution is -0.212. The maximum atomic E-state index is 13.6. The van der Waals surface area contributed by atoms with Crippen LogP contribution in [0.15, 0.2) is 54.6 Å². The molecule has 0 aliphatic carbocycles. The van der Waals surface area contributed by atoms with Gasteiger partial charge in [-0.05, 0) is 35.9 Å². The van der Waals surface area contributed by atoms with Crippen LogP contribution in [0.3, 0.4) is 0 Å². The van der Waals surface area contributed by atoms with E-state index in [0.29, 0.717) is 5.52 Å². The molecule has 4 rings (SSSR count). The van der Waals surface area contributed by atoms with Gasteiger partial charge in [-0.2, -0.15) is 18.1 Å². The summed E-state index contributed by atoms with van der Waals surface area (Å²) in [6.07, 6.45) is -4.59. The molecule has 3 N–H and O–H groups in total. The minimum atomic E-state index is -4.59. The van der Waals surface area contributed by atoms with Crippen LogP contribution in [0.1, 0.15) is 21.5 Å². The molecule has 0 fully saturated rings. The predicted molar refractivity (Wildman–Crippen MR) is 118 cm³/mol. The van der Waals surface area contributed by atoms with Crippen molar-refractivity contribution in [1.29, 1.82) is 0 Å². The zero-order valence-corrected chi connectivity index (χ0v) is 18.0. The summed E-state index contributed by atoms with van der Waals surface area (Å²) in [6.45, 7) is -1.01. The maximum Gasteiger partial charge on any atom is 0.416 e. The third-order valence-corrected chi connectivity index (χ3v) is 5.50. The molecule has 0 saturated heterocycles. The Bertz CT molecular complexity index is 1430. The molecule has 3 aromatic carbocycles. The van der Waals surface area contributed by atoms with Crippen molar-refractivity contribution in [1.82, 2.24) is 4.57 Å². The third kappa shape index (κ3) is 4.25. The van der Waals surface area contributed by atoms with Crippen LogP contribution in [-0.4, -0.2) is 28.2 Å². The zero-order valence-electron chi connectivity index (χ0n) is 17.2. The van der Waals surface area contributed by atoms with Crippen LogP contribution in [0.4, 0.5) is 13.2 Å². The molecule has 0 aliphatic rings. The quantitative estimate of drug-likeness (QED) is 0.279. The minimum Gasteiger partial charge on any atom is -0.479 e. The smallest absolute Gasteiger partial charge is 0.416 e. The fraction of sp³-hybridized carbons (Fsp3) is 0.130. The van der Waals surface area contributed by atoms with E-state index in [1.165, 1.54) is 41.0 Å². The van der Waals surface area contributed by atoms with Gasteiger partial charge in [-0.15, -0.1) is 0 Å². The average Bonchev–Trinajstić information content (AvgIpc) is 3.10. The Morgan fingerprint density at radius 2 is 1.76 bits per heavy atom. The Kier molecular flexibility index (Phi) is 6.11. The molecule has 11 heteroatoms. The number of alkyl halides is 3. The van der Waals surface area contributed by atoms with E-state index in [0.717, 1.165) is 6.07 Å². The van der Waals surface area contributed by atoms with Crippen LogP contribution in [-0.2, 0) is 22.4 Å². The fourth-order valence-corrected chi connectivity index (χ4v) is 4.15. The molecule has 4 aromatic rings. The average molecular weight is 493 g/mol. The monoisotopic (exact) mass is 492 g/mol. The second kappa shape index (κ2) is 8.88. The summed E-state index contributed by atoms with van der Waals surface area (Å²) in [5, 5.41) is 9.50. The number of hydrogen-bond donors (Lipinski definition) is 2. The topological polar surface area (TPSA) is 104 Å². The molecule has 0 aliphatic heterocycles. The van der Waals surface area contributed by atoms with E-state index < -0.39 is 30.2 Å². The number of hydrogen-bond acceptors (Lipinski definition) is 4. The molecular weight excluding hydrogens is 477 g/mol. The molecule has 1 aromatic heterocycles. The van der Waals surface area contributed by atoms with Crippen molar-refractivity contribution in [2.24, 2.45) is 5.73 Å². The number of aromatic nitrogens is 1. The highest BCUT2D eigenvalue weighted by Gasteiger charge is 2.33. The summed E-state index contributed by atoms with van der Waals surface area (Å²) in [4.78, 5) is 32.9. The van der Waals surface area contributed by atoms with E-state index in [1.807, 2.05) is 0 Å². The van der Waals surface area contributed by atoms with E-state index in [9.17, 15) is 22.8 Å². The zero-order chi connectivity index (χ0) is 24.6. The first kappa shape index (κ1) is 23.4. The number of primary amides is 1. The second-order valence-electron chi connectivity index (χ2n) is 7.31. The van der Waals surface area contributed by atoms with Crippen LogP contribution >= 0.6 is 11.6 Å². The maximum absolute atomic E-state index is 13.6. The summed E-state index contributed by atoms with van der Waals surface area (Å²) >= 11 is 6.47. The molecule has 7 nitrogen and oxygen atoms in total. The Hall–Kier alpha value is -3.76. The number of nitrogens with two attached hydrogens (primary N) is 1. The van der Waals surface area contributed by atoms with Crippen LogP contribution in [0.5, 0.6) is 5.75 Å². The molecule has 0 spiro atoms. The first-order valence-corrected chi connectivity index (χ1v) is 10.2. The first-order chi connectivity index (χ1) is 16.1. The molecule has 0 radical (unpaired) electrons. The number of carboxylic acids is 1. The van der Waals surface area contributed by atoms with Crippen LogP contribution in [0.25, 0.3) is 21.8 Å². The molecule has 34 heavy (non-hydrogen) atoms. The number of fused-ring (bicyclic) bond motifs is 3. The summed E-state index contributed by atoms with van der Waals surface area (Å²) < 4.78 is 42.4. The fourth-order valence-electron chi connectivity index (χ4n) is 3.89. The largest absolute Gasteiger partial charge is 0.479 e. The van der Waals surface area contributed by atoms with Crippen molar-refractivity contribution in [3.63, 3.8) is 0 Å². The highest BCUT2D eigenvalue weighted by atomic mass is 35.5. The molecule has 1 heterocycles. The van der Waals surface area contributed by atoms with Gasteiger partial charge < -0.3 is 20.3 Å². The van der Waals surface area contributed by atoms with Crippen molar-refractivity contribution in [3.8, 4) is 5.75 Å². The standard InChI is InChI=1S/C23H16ClF3N2O5/c24-15-8-9-17(34-33-11-18(30)31)20-19-13(22(28)32)5-3-7-16(19)29(21(15)20)10-12-4-1-2-6-14(12)23(25,26)27/h1-9H,10-11H2,(H2,28,32)(H,30,31). The number of carboxylic acid groups (broad SMARTS) is 1. The van der Waals surface area contributed by atoms with Gasteiger partial charge in [0.15, 0.2) is 12.4 Å². The predicted octanol–water partition coefficient (Wildman–Crippen LogP) is 5.01. The SMILES string of the molecule is NC(=O)c1cccc2c1c1c(OOCC(=O)O)ccc(Cl)c1n2Cc1ccccc1C(F)(F)F. The first-order valence-electron chi connectivity index (χ1n) is 9.79. The summed E-state index contributed by atoms with van der Waals surface area (Å²) in [6, 6.07) is 12.6. The van der Waals surface area contributed by atoms with E-state index >= 15 is 0 Å². The number of nitrogens with zero attached hydrogens (tertiary/aromatic N) is 1. The Morgan fingerprint density at radius 3 is 2.44 bits per heavy atom. The van der Waals surface area contributed by atoms with E-state index in [2.05, 4.69) is 0 Å². The van der Waals surface area contributed by atoms with Gasteiger partial charge >= 0.3 is 12.1 Å². The van der Waals surface area contributed by atoms with Crippen molar-refractivity contribution in [2.75, 3.05) is 6.61 Å². The van der Waals surface area contributed by atoms with Gasteiger partial charge in [0.2, 0.25) is 5.91 Å². The summed E-state index contributed by atoms with van der Waals surface area (Å²) in [7, 11) is 0. The lowest BCUT2D eigenvalue weighted by Crippen LogP contribution is -2.12. The van der Waals surface area contributed by atoms with Gasteiger partial charge in [0.05, 0.1) is 27.0 Å². The Balaban J connectivity index is 2.02. The Labute approximate surface area is 195 Å². The number of aliphatic carboxylic acids is 1. The van der Waals surface area contributed by atoms with E-state index in [-0.39, 0.29) is 44.7 Å². The highest BCUT2D eigenvalue weighted by molar-refractivity contribution is 6.37. The van der Waals surface area contributed by atoms with Crippen LogP contribution in [0, 0.1) is 0 Å². The molecule has 1 amide bonds. The van der Waals surface area contributed by atoms with Gasteiger partial charge in [-0.25, -0.2) is 4.79 Å². The summed E-state index contributed by atoms with van der Waals surface area (Å²) in [5.74, 6) is -2.05. The van der Waals surface area contributed by atoms with Gasteiger partial charge in [-0.3, -0.25) is 4.79 Å². The van der Waals surface area contributed by atoms with E-state index in [4.69, 9.17) is 32.2 Å². The van der Waals surface area contributed by atoms with Crippen LogP contribution < -0.4 is 10.6 Å². The molecule has 0 saturated carbocycles. The number of carbonyl (C=O) groups is 2. The molecular formula is C23H16ClF3N2O5. The third-order valence-electron chi connectivity index (χ3n) is 5.19. The summed E-state index contributed by atoms with van der Waals surface area (Å²) in [5.41, 5.74) is 5.44.